The Labute approximate surface area is 87.4 Å². The number of fused-ring (bicyclic) bond motifs is 1. The average Bonchev–Trinajstić information content (AvgIpc) is 2.18. The van der Waals surface area contributed by atoms with Crippen LogP contribution in [0, 0.1) is 6.92 Å². The van der Waals surface area contributed by atoms with Crippen LogP contribution in [0.2, 0.25) is 0 Å². The number of carbonyl (C=O) groups is 1. The van der Waals surface area contributed by atoms with Gasteiger partial charge in [-0.1, -0.05) is 18.2 Å². The molecule has 2 rings (SSSR count). The summed E-state index contributed by atoms with van der Waals surface area (Å²) in [6.45, 7) is 1.90. The lowest BCUT2D eigenvalue weighted by atomic mass is 10.0. The third kappa shape index (κ3) is 1.96. The van der Waals surface area contributed by atoms with Crippen LogP contribution in [0.5, 0.6) is 0 Å². The van der Waals surface area contributed by atoms with Crippen LogP contribution < -0.4 is 0 Å². The maximum Gasteiger partial charge on any atom is 0.307 e. The molecule has 3 nitrogen and oxygen atoms in total. The molecular weight excluding hydrogens is 190 g/mol. The van der Waals surface area contributed by atoms with E-state index in [-0.39, 0.29) is 6.42 Å². The minimum absolute atomic E-state index is 0.0563. The Morgan fingerprint density at radius 2 is 2.27 bits per heavy atom. The number of rotatable bonds is 2. The van der Waals surface area contributed by atoms with Crippen molar-refractivity contribution in [1.82, 2.24) is 4.98 Å². The lowest BCUT2D eigenvalue weighted by molar-refractivity contribution is -0.136. The molecule has 0 aliphatic heterocycles. The van der Waals surface area contributed by atoms with Gasteiger partial charge in [0.15, 0.2) is 0 Å². The van der Waals surface area contributed by atoms with Gasteiger partial charge in [0.25, 0.3) is 0 Å². The molecule has 0 aliphatic carbocycles. The lowest BCUT2D eigenvalue weighted by Gasteiger charge is -2.04. The number of aromatic nitrogens is 1. The molecule has 15 heavy (non-hydrogen) atoms. The fourth-order valence-corrected chi connectivity index (χ4v) is 1.66. The third-order valence-corrected chi connectivity index (χ3v) is 2.33. The number of nitrogens with zero attached hydrogens (tertiary/aromatic N) is 1. The van der Waals surface area contributed by atoms with Gasteiger partial charge in [0.1, 0.15) is 0 Å². The second kappa shape index (κ2) is 3.69. The third-order valence-electron chi connectivity index (χ3n) is 2.33. The zero-order valence-corrected chi connectivity index (χ0v) is 8.40. The number of benzene rings is 1. The van der Waals surface area contributed by atoms with Crippen molar-refractivity contribution in [3.63, 3.8) is 0 Å². The second-order valence-corrected chi connectivity index (χ2v) is 3.53. The molecule has 0 atom stereocenters. The van der Waals surface area contributed by atoms with Gasteiger partial charge in [-0.2, -0.15) is 0 Å². The number of hydrogen-bond donors (Lipinski definition) is 1. The summed E-state index contributed by atoms with van der Waals surface area (Å²) in [6, 6.07) is 7.56. The molecule has 76 valence electrons. The largest absolute Gasteiger partial charge is 0.481 e. The number of carboxylic acids is 1. The first-order valence-electron chi connectivity index (χ1n) is 4.73. The molecule has 1 heterocycles. The number of pyridine rings is 1. The van der Waals surface area contributed by atoms with Gasteiger partial charge in [-0.15, -0.1) is 0 Å². The molecule has 0 saturated heterocycles. The zero-order valence-electron chi connectivity index (χ0n) is 8.40. The Bertz CT molecular complexity index is 520. The monoisotopic (exact) mass is 201 g/mol. The van der Waals surface area contributed by atoms with E-state index in [1.807, 2.05) is 31.2 Å². The van der Waals surface area contributed by atoms with Gasteiger partial charge in [0.2, 0.25) is 0 Å². The highest BCUT2D eigenvalue weighted by Crippen LogP contribution is 2.19. The van der Waals surface area contributed by atoms with Gasteiger partial charge in [-0.05, 0) is 23.9 Å². The van der Waals surface area contributed by atoms with Crippen molar-refractivity contribution in [2.24, 2.45) is 0 Å². The predicted octanol–water partition coefficient (Wildman–Crippen LogP) is 2.17. The lowest BCUT2D eigenvalue weighted by Crippen LogP contribution is -2.00. The Kier molecular flexibility index (Phi) is 2.37. The smallest absolute Gasteiger partial charge is 0.307 e. The van der Waals surface area contributed by atoms with Crippen LogP contribution in [0.25, 0.3) is 10.8 Å². The summed E-state index contributed by atoms with van der Waals surface area (Å²) >= 11 is 0. The topological polar surface area (TPSA) is 50.2 Å². The summed E-state index contributed by atoms with van der Waals surface area (Å²) in [5.41, 5.74) is 1.74. The van der Waals surface area contributed by atoms with Gasteiger partial charge < -0.3 is 5.11 Å². The maximum absolute atomic E-state index is 10.7. The predicted molar refractivity (Wildman–Crippen MR) is 57.8 cm³/mol. The average molecular weight is 201 g/mol. The van der Waals surface area contributed by atoms with E-state index >= 15 is 0 Å². The van der Waals surface area contributed by atoms with Crippen molar-refractivity contribution < 1.29 is 9.90 Å². The molecule has 1 aromatic carbocycles. The van der Waals surface area contributed by atoms with Crippen molar-refractivity contribution in [2.75, 3.05) is 0 Å². The highest BCUT2D eigenvalue weighted by Gasteiger charge is 2.05. The van der Waals surface area contributed by atoms with Gasteiger partial charge >= 0.3 is 5.97 Å². The maximum atomic E-state index is 10.7. The van der Waals surface area contributed by atoms with Crippen LogP contribution in [-0.4, -0.2) is 16.1 Å². The standard InChI is InChI=1S/C12H11NO2/c1-8-5-11-9(6-12(14)15)3-2-4-10(11)7-13-8/h2-5,7H,6H2,1H3,(H,14,15). The highest BCUT2D eigenvalue weighted by molar-refractivity contribution is 5.88. The molecule has 0 spiro atoms. The molecule has 0 aliphatic rings. The van der Waals surface area contributed by atoms with Gasteiger partial charge in [0, 0.05) is 17.3 Å². The van der Waals surface area contributed by atoms with E-state index in [1.165, 1.54) is 0 Å². The quantitative estimate of drug-likeness (QED) is 0.810. The van der Waals surface area contributed by atoms with E-state index < -0.39 is 5.97 Å². The molecule has 1 N–H and O–H groups in total. The first-order chi connectivity index (χ1) is 7.16. The highest BCUT2D eigenvalue weighted by atomic mass is 16.4. The van der Waals surface area contributed by atoms with E-state index in [4.69, 9.17) is 5.11 Å². The van der Waals surface area contributed by atoms with Crippen LogP contribution in [-0.2, 0) is 11.2 Å². The van der Waals surface area contributed by atoms with Crippen LogP contribution in [0.1, 0.15) is 11.3 Å². The SMILES string of the molecule is Cc1cc2c(CC(=O)O)cccc2cn1. The van der Waals surface area contributed by atoms with Crippen LogP contribution in [0.4, 0.5) is 0 Å². The fraction of sp³-hybridized carbons (Fsp3) is 0.167. The molecule has 2 aromatic rings. The van der Waals surface area contributed by atoms with Crippen LogP contribution >= 0.6 is 0 Å². The molecule has 0 unspecified atom stereocenters. The van der Waals surface area contributed by atoms with Crippen LogP contribution in [0.3, 0.4) is 0 Å². The van der Waals surface area contributed by atoms with Crippen LogP contribution in [0.15, 0.2) is 30.5 Å². The summed E-state index contributed by atoms with van der Waals surface area (Å²) in [6.07, 6.45) is 1.83. The normalized spacial score (nSPS) is 10.5. The van der Waals surface area contributed by atoms with E-state index in [1.54, 1.807) is 6.20 Å². The van der Waals surface area contributed by atoms with Crippen molar-refractivity contribution in [1.29, 1.82) is 0 Å². The molecular formula is C12H11NO2. The van der Waals surface area contributed by atoms with E-state index in [9.17, 15) is 4.79 Å². The summed E-state index contributed by atoms with van der Waals surface area (Å²) < 4.78 is 0. The van der Waals surface area contributed by atoms with Crippen molar-refractivity contribution in [2.45, 2.75) is 13.3 Å². The molecule has 0 fully saturated rings. The zero-order chi connectivity index (χ0) is 10.8. The minimum Gasteiger partial charge on any atom is -0.481 e. The molecule has 1 aromatic heterocycles. The number of aliphatic carboxylic acids is 1. The summed E-state index contributed by atoms with van der Waals surface area (Å²) in [4.78, 5) is 14.9. The van der Waals surface area contributed by atoms with E-state index in [0.717, 1.165) is 22.0 Å². The minimum atomic E-state index is -0.808. The Morgan fingerprint density at radius 1 is 1.47 bits per heavy atom. The van der Waals surface area contributed by atoms with Crippen molar-refractivity contribution >= 4 is 16.7 Å². The summed E-state index contributed by atoms with van der Waals surface area (Å²) in [7, 11) is 0. The second-order valence-electron chi connectivity index (χ2n) is 3.53. The van der Waals surface area contributed by atoms with Gasteiger partial charge in [-0.3, -0.25) is 9.78 Å². The first-order valence-corrected chi connectivity index (χ1v) is 4.73. The number of aryl methyl sites for hydroxylation is 1. The first kappa shape index (κ1) is 9.65. The van der Waals surface area contributed by atoms with Gasteiger partial charge in [0.05, 0.1) is 6.42 Å². The Balaban J connectivity index is 2.63. The van der Waals surface area contributed by atoms with Crippen molar-refractivity contribution in [3.8, 4) is 0 Å². The van der Waals surface area contributed by atoms with E-state index in [2.05, 4.69) is 4.98 Å². The molecule has 0 bridgehead atoms. The Hall–Kier alpha value is -1.90. The Morgan fingerprint density at radius 3 is 3.00 bits per heavy atom. The fourth-order valence-electron chi connectivity index (χ4n) is 1.66. The molecule has 3 heteroatoms. The van der Waals surface area contributed by atoms with Gasteiger partial charge in [-0.25, -0.2) is 0 Å². The number of hydrogen-bond acceptors (Lipinski definition) is 2. The van der Waals surface area contributed by atoms with E-state index in [0.29, 0.717) is 0 Å². The number of carboxylic acid groups (broad SMARTS) is 1. The summed E-state index contributed by atoms with van der Waals surface area (Å²) in [5.74, 6) is -0.808. The van der Waals surface area contributed by atoms with Crippen molar-refractivity contribution in [3.05, 3.63) is 41.7 Å². The summed E-state index contributed by atoms with van der Waals surface area (Å²) in [5, 5.41) is 10.7. The molecule has 0 saturated carbocycles. The molecule has 0 radical (unpaired) electrons. The molecule has 0 amide bonds.